The molecular weight excluding hydrogens is 394 g/mol. The van der Waals surface area contributed by atoms with Crippen molar-refractivity contribution in [1.29, 1.82) is 0 Å². The number of benzene rings is 1. The molecule has 0 bridgehead atoms. The molecule has 2 N–H and O–H groups in total. The number of carbonyl (C=O) groups is 3. The quantitative estimate of drug-likeness (QED) is 0.696. The Balaban J connectivity index is 1.64. The van der Waals surface area contributed by atoms with Crippen LogP contribution in [0.4, 0.5) is 5.69 Å². The molecule has 0 saturated carbocycles. The van der Waals surface area contributed by atoms with Crippen molar-refractivity contribution in [3.8, 4) is 0 Å². The third-order valence-corrected chi connectivity index (χ3v) is 6.03. The standard InChI is InChI=1S/C24H35N3O4/c1-16(2)14-20(24(30)26-22-17(3)31-15-21(22)28)25-23(29)18-8-10-19(11-9-18)27-12-6-4-5-7-13-27/h8-11,16-17,20,22H,4-7,12-15H2,1-3H3,(H,25,29)(H,26,30)/t17-,20?,22+/m1/s1. The highest BCUT2D eigenvalue weighted by molar-refractivity contribution is 5.99. The van der Waals surface area contributed by atoms with Crippen LogP contribution in [0.15, 0.2) is 24.3 Å². The normalized spacial score (nSPS) is 22.8. The summed E-state index contributed by atoms with van der Waals surface area (Å²) in [4.78, 5) is 40.0. The van der Waals surface area contributed by atoms with E-state index in [2.05, 4.69) is 15.5 Å². The lowest BCUT2D eigenvalue weighted by Gasteiger charge is -2.24. The first-order valence-corrected chi connectivity index (χ1v) is 11.5. The fourth-order valence-electron chi connectivity index (χ4n) is 4.21. The molecule has 2 fully saturated rings. The highest BCUT2D eigenvalue weighted by atomic mass is 16.5. The Hall–Kier alpha value is -2.41. The molecule has 1 unspecified atom stereocenters. The monoisotopic (exact) mass is 429 g/mol. The van der Waals surface area contributed by atoms with Gasteiger partial charge in [-0.05, 0) is 56.4 Å². The number of hydrogen-bond donors (Lipinski definition) is 2. The molecule has 0 aliphatic carbocycles. The third-order valence-electron chi connectivity index (χ3n) is 6.03. The molecule has 170 valence electrons. The molecular formula is C24H35N3O4. The fraction of sp³-hybridized carbons (Fsp3) is 0.625. The van der Waals surface area contributed by atoms with Crippen LogP contribution in [-0.2, 0) is 14.3 Å². The van der Waals surface area contributed by atoms with Gasteiger partial charge in [0.2, 0.25) is 5.91 Å². The predicted molar refractivity (Wildman–Crippen MR) is 120 cm³/mol. The van der Waals surface area contributed by atoms with Gasteiger partial charge >= 0.3 is 0 Å². The van der Waals surface area contributed by atoms with Gasteiger partial charge in [0.25, 0.3) is 5.91 Å². The van der Waals surface area contributed by atoms with Gasteiger partial charge in [-0.1, -0.05) is 26.7 Å². The molecule has 1 aromatic rings. The van der Waals surface area contributed by atoms with E-state index in [9.17, 15) is 14.4 Å². The number of hydrogen-bond acceptors (Lipinski definition) is 5. The largest absolute Gasteiger partial charge is 0.372 e. The molecule has 7 nitrogen and oxygen atoms in total. The van der Waals surface area contributed by atoms with Gasteiger partial charge in [0.1, 0.15) is 18.7 Å². The van der Waals surface area contributed by atoms with Crippen molar-refractivity contribution in [2.75, 3.05) is 24.6 Å². The number of rotatable bonds is 7. The Morgan fingerprint density at radius 1 is 1.10 bits per heavy atom. The van der Waals surface area contributed by atoms with Gasteiger partial charge in [-0.25, -0.2) is 0 Å². The van der Waals surface area contributed by atoms with Gasteiger partial charge in [0.15, 0.2) is 5.78 Å². The summed E-state index contributed by atoms with van der Waals surface area (Å²) in [6.07, 6.45) is 5.06. The van der Waals surface area contributed by atoms with E-state index in [4.69, 9.17) is 4.74 Å². The molecule has 2 amide bonds. The summed E-state index contributed by atoms with van der Waals surface area (Å²) in [5.41, 5.74) is 1.65. The number of anilines is 1. The third kappa shape index (κ3) is 6.29. The number of nitrogens with one attached hydrogen (secondary N) is 2. The van der Waals surface area contributed by atoms with Crippen LogP contribution < -0.4 is 15.5 Å². The second kappa shape index (κ2) is 10.8. The number of carbonyl (C=O) groups excluding carboxylic acids is 3. The predicted octanol–water partition coefficient (Wildman–Crippen LogP) is 2.68. The molecule has 7 heteroatoms. The van der Waals surface area contributed by atoms with Crippen LogP contribution in [0.2, 0.25) is 0 Å². The highest BCUT2D eigenvalue weighted by Crippen LogP contribution is 2.20. The Morgan fingerprint density at radius 3 is 2.29 bits per heavy atom. The fourth-order valence-corrected chi connectivity index (χ4v) is 4.21. The molecule has 0 spiro atoms. The van der Waals surface area contributed by atoms with E-state index in [1.54, 1.807) is 6.92 Å². The maximum Gasteiger partial charge on any atom is 0.251 e. The average molecular weight is 430 g/mol. The van der Waals surface area contributed by atoms with Crippen molar-refractivity contribution in [2.24, 2.45) is 5.92 Å². The van der Waals surface area contributed by atoms with Gasteiger partial charge < -0.3 is 20.3 Å². The smallest absolute Gasteiger partial charge is 0.251 e. The highest BCUT2D eigenvalue weighted by Gasteiger charge is 2.35. The van der Waals surface area contributed by atoms with Crippen LogP contribution in [-0.4, -0.2) is 55.5 Å². The van der Waals surface area contributed by atoms with Crippen molar-refractivity contribution in [2.45, 2.75) is 71.1 Å². The molecule has 3 rings (SSSR count). The molecule has 2 saturated heterocycles. The Kier molecular flexibility index (Phi) is 8.07. The minimum atomic E-state index is -0.710. The lowest BCUT2D eigenvalue weighted by molar-refractivity contribution is -0.127. The molecule has 3 atom stereocenters. The van der Waals surface area contributed by atoms with E-state index in [1.807, 2.05) is 38.1 Å². The van der Waals surface area contributed by atoms with Gasteiger partial charge in [0, 0.05) is 24.3 Å². The summed E-state index contributed by atoms with van der Waals surface area (Å²) in [5.74, 6) is -0.571. The average Bonchev–Trinajstić information content (AvgIpc) is 2.94. The Labute approximate surface area is 184 Å². The minimum absolute atomic E-state index is 0.0106. The van der Waals surface area contributed by atoms with Crippen LogP contribution in [0.1, 0.15) is 63.2 Å². The summed E-state index contributed by atoms with van der Waals surface area (Å²) in [5, 5.41) is 5.62. The molecule has 2 aliphatic heterocycles. The summed E-state index contributed by atoms with van der Waals surface area (Å²) in [6.45, 7) is 7.85. The Morgan fingerprint density at radius 2 is 1.74 bits per heavy atom. The number of Topliss-reactive ketones (excluding diaryl/α,β-unsaturated/α-hetero) is 1. The molecule has 2 aliphatic rings. The van der Waals surface area contributed by atoms with E-state index >= 15 is 0 Å². The lowest BCUT2D eigenvalue weighted by atomic mass is 10.0. The van der Waals surface area contributed by atoms with Gasteiger partial charge in [-0.2, -0.15) is 0 Å². The number of ether oxygens (including phenoxy) is 1. The van der Waals surface area contributed by atoms with Gasteiger partial charge in [-0.15, -0.1) is 0 Å². The molecule has 1 aromatic carbocycles. The minimum Gasteiger partial charge on any atom is -0.372 e. The first kappa shape index (κ1) is 23.3. The molecule has 0 aromatic heterocycles. The summed E-state index contributed by atoms with van der Waals surface area (Å²) < 4.78 is 5.30. The summed E-state index contributed by atoms with van der Waals surface area (Å²) in [6, 6.07) is 6.22. The second-order valence-corrected chi connectivity index (χ2v) is 9.07. The summed E-state index contributed by atoms with van der Waals surface area (Å²) in [7, 11) is 0. The van der Waals surface area contributed by atoms with E-state index in [0.29, 0.717) is 12.0 Å². The summed E-state index contributed by atoms with van der Waals surface area (Å²) >= 11 is 0. The zero-order valence-electron chi connectivity index (χ0n) is 18.9. The number of amides is 2. The maximum atomic E-state index is 12.9. The van der Waals surface area contributed by atoms with Crippen molar-refractivity contribution in [3.63, 3.8) is 0 Å². The van der Waals surface area contributed by atoms with Gasteiger partial charge in [0.05, 0.1) is 6.10 Å². The zero-order valence-corrected chi connectivity index (χ0v) is 18.9. The van der Waals surface area contributed by atoms with Crippen molar-refractivity contribution < 1.29 is 19.1 Å². The number of nitrogens with zero attached hydrogens (tertiary/aromatic N) is 1. The van der Waals surface area contributed by atoms with Crippen LogP contribution in [0.3, 0.4) is 0 Å². The topological polar surface area (TPSA) is 87.7 Å². The second-order valence-electron chi connectivity index (χ2n) is 9.07. The van der Waals surface area contributed by atoms with Crippen molar-refractivity contribution >= 4 is 23.3 Å². The van der Waals surface area contributed by atoms with E-state index in [-0.39, 0.29) is 36.2 Å². The molecule has 31 heavy (non-hydrogen) atoms. The first-order chi connectivity index (χ1) is 14.8. The van der Waals surface area contributed by atoms with Gasteiger partial charge in [-0.3, -0.25) is 14.4 Å². The van der Waals surface area contributed by atoms with E-state index < -0.39 is 12.1 Å². The van der Waals surface area contributed by atoms with Crippen LogP contribution >= 0.6 is 0 Å². The molecule has 2 heterocycles. The molecule has 0 radical (unpaired) electrons. The SMILES string of the molecule is CC(C)CC(NC(=O)c1ccc(N2CCCCCC2)cc1)C(=O)N[C@@H]1C(=O)CO[C@@H]1C. The Bertz CT molecular complexity index is 770. The lowest BCUT2D eigenvalue weighted by Crippen LogP contribution is -2.53. The number of ketones is 1. The van der Waals surface area contributed by atoms with Crippen molar-refractivity contribution in [1.82, 2.24) is 10.6 Å². The zero-order chi connectivity index (χ0) is 22.4. The first-order valence-electron chi connectivity index (χ1n) is 11.5. The maximum absolute atomic E-state index is 12.9. The van der Waals surface area contributed by atoms with E-state index in [0.717, 1.165) is 18.8 Å². The van der Waals surface area contributed by atoms with Crippen LogP contribution in [0, 0.1) is 5.92 Å². The van der Waals surface area contributed by atoms with Crippen molar-refractivity contribution in [3.05, 3.63) is 29.8 Å². The van der Waals surface area contributed by atoms with E-state index in [1.165, 1.54) is 25.7 Å². The van der Waals surface area contributed by atoms with Crippen LogP contribution in [0.25, 0.3) is 0 Å². The van der Waals surface area contributed by atoms with Crippen LogP contribution in [0.5, 0.6) is 0 Å².